The van der Waals surface area contributed by atoms with Gasteiger partial charge in [-0.2, -0.15) is 0 Å². The lowest BCUT2D eigenvalue weighted by Gasteiger charge is -2.39. The molecule has 2 aliphatic rings. The average molecular weight is 393 g/mol. The topological polar surface area (TPSA) is 120 Å². The van der Waals surface area contributed by atoms with Crippen molar-refractivity contribution in [2.24, 2.45) is 0 Å². The summed E-state index contributed by atoms with van der Waals surface area (Å²) in [5.41, 5.74) is 6.70. The van der Waals surface area contributed by atoms with Crippen molar-refractivity contribution in [3.05, 3.63) is 54.1 Å². The summed E-state index contributed by atoms with van der Waals surface area (Å²) in [4.78, 5) is 2.53. The van der Waals surface area contributed by atoms with E-state index < -0.39 is 16.3 Å². The number of benzene rings is 2. The lowest BCUT2D eigenvalue weighted by Crippen LogP contribution is -2.56. The fourth-order valence-electron chi connectivity index (χ4n) is 3.35. The predicted octanol–water partition coefficient (Wildman–Crippen LogP) is -0.112. The van der Waals surface area contributed by atoms with Gasteiger partial charge in [0.2, 0.25) is 10.0 Å². The van der Waals surface area contributed by atoms with Crippen LogP contribution in [0.1, 0.15) is 5.56 Å². The molecule has 0 amide bonds. The van der Waals surface area contributed by atoms with E-state index in [4.69, 9.17) is 0 Å². The summed E-state index contributed by atoms with van der Waals surface area (Å²) in [6.45, 7) is 2.30. The number of aliphatic hydroxyl groups excluding tert-OH is 1. The van der Waals surface area contributed by atoms with Gasteiger partial charge in [0.1, 0.15) is 6.04 Å². The lowest BCUT2D eigenvalue weighted by atomic mass is 10.1. The van der Waals surface area contributed by atoms with Gasteiger partial charge in [-0.15, -0.1) is 10.4 Å². The largest absolute Gasteiger partial charge is 0.412 e. The summed E-state index contributed by atoms with van der Waals surface area (Å²) in [6, 6.07) is 14.9. The fraction of sp³-hybridized carbons (Fsp3) is 0.294. The van der Waals surface area contributed by atoms with Crippen molar-refractivity contribution >= 4 is 27.1 Å². The molecule has 2 aromatic carbocycles. The molecule has 2 atom stereocenters. The van der Waals surface area contributed by atoms with Gasteiger partial charge in [0.05, 0.1) is 29.9 Å². The first-order valence-electron chi connectivity index (χ1n) is 8.27. The summed E-state index contributed by atoms with van der Waals surface area (Å²) in [5.74, 6) is 0. The highest BCUT2D eigenvalue weighted by Crippen LogP contribution is 2.38. The van der Waals surface area contributed by atoms with Gasteiger partial charge in [-0.05, 0) is 31.2 Å². The maximum atomic E-state index is 11.7. The Kier molecular flexibility index (Phi) is 5.02. The number of sulfonamides is 1. The molecule has 2 unspecified atom stereocenters. The van der Waals surface area contributed by atoms with Crippen LogP contribution in [0.5, 0.6) is 0 Å². The van der Waals surface area contributed by atoms with Crippen LogP contribution in [0.3, 0.4) is 0 Å². The highest BCUT2D eigenvalue weighted by Gasteiger charge is 2.45. The van der Waals surface area contributed by atoms with E-state index in [0.717, 1.165) is 28.9 Å². The second kappa shape index (κ2) is 6.98. The molecule has 2 aromatic rings. The number of rotatable bonds is 3. The number of fused-ring (bicyclic) bond motifs is 3. The molecule has 0 spiro atoms. The number of anilines is 3. The minimum Gasteiger partial charge on any atom is -0.412 e. The molecule has 0 bridgehead atoms. The summed E-state index contributed by atoms with van der Waals surface area (Å²) >= 11 is 0. The molecule has 2 aliphatic heterocycles. The molecule has 146 valence electrons. The zero-order valence-electron chi connectivity index (χ0n) is 15.0. The Morgan fingerprint density at radius 2 is 1.70 bits per heavy atom. The maximum absolute atomic E-state index is 11.7. The molecule has 1 fully saturated rings. The Morgan fingerprint density at radius 1 is 1.07 bits per heavy atom. The molecule has 0 radical (unpaired) electrons. The van der Waals surface area contributed by atoms with E-state index in [1.54, 1.807) is 10.0 Å². The summed E-state index contributed by atoms with van der Waals surface area (Å²) < 4.78 is 23.5. The van der Waals surface area contributed by atoms with Gasteiger partial charge < -0.3 is 10.6 Å². The van der Waals surface area contributed by atoms with Gasteiger partial charge in [0.15, 0.2) is 6.23 Å². The molecule has 27 heavy (non-hydrogen) atoms. The molecule has 0 aromatic heterocycles. The van der Waals surface area contributed by atoms with Gasteiger partial charge in [0.25, 0.3) is 0 Å². The Balaban J connectivity index is 0.00000210. The Bertz CT molecular complexity index is 921. The van der Waals surface area contributed by atoms with Crippen molar-refractivity contribution < 1.29 is 19.0 Å². The van der Waals surface area contributed by atoms with E-state index in [-0.39, 0.29) is 11.5 Å². The molecule has 0 aliphatic carbocycles. The van der Waals surface area contributed by atoms with Crippen LogP contribution in [-0.4, -0.2) is 44.1 Å². The van der Waals surface area contributed by atoms with Crippen LogP contribution in [0.2, 0.25) is 0 Å². The SMILES string of the molecule is Cc1ccc(N2NN3c4ccccc4N(NS(C)(=O)=O)CC3C2O)cc1.O. The zero-order valence-corrected chi connectivity index (χ0v) is 15.8. The van der Waals surface area contributed by atoms with Crippen LogP contribution in [0.4, 0.5) is 17.1 Å². The van der Waals surface area contributed by atoms with Crippen LogP contribution in [-0.2, 0) is 10.0 Å². The fourth-order valence-corrected chi connectivity index (χ4v) is 3.92. The Morgan fingerprint density at radius 3 is 2.33 bits per heavy atom. The molecular formula is C17H23N5O4S. The first-order chi connectivity index (χ1) is 12.3. The number of para-hydroxylation sites is 2. The number of hydrazine groups is 3. The summed E-state index contributed by atoms with van der Waals surface area (Å²) in [6.07, 6.45) is 0.263. The normalized spacial score (nSPS) is 21.5. The van der Waals surface area contributed by atoms with Crippen LogP contribution >= 0.6 is 0 Å². The third kappa shape index (κ3) is 3.57. The van der Waals surface area contributed by atoms with Gasteiger partial charge in [-0.25, -0.2) is 8.42 Å². The second-order valence-electron chi connectivity index (χ2n) is 6.62. The van der Waals surface area contributed by atoms with Crippen LogP contribution in [0.15, 0.2) is 48.5 Å². The van der Waals surface area contributed by atoms with Crippen molar-refractivity contribution in [2.75, 3.05) is 27.8 Å². The summed E-state index contributed by atoms with van der Waals surface area (Å²) in [7, 11) is -3.44. The predicted molar refractivity (Wildman–Crippen MR) is 104 cm³/mol. The minimum absolute atomic E-state index is 0. The first kappa shape index (κ1) is 19.4. The van der Waals surface area contributed by atoms with Gasteiger partial charge >= 0.3 is 0 Å². The van der Waals surface area contributed by atoms with Crippen LogP contribution in [0, 0.1) is 6.92 Å². The summed E-state index contributed by atoms with van der Waals surface area (Å²) in [5, 5.41) is 16.0. The third-order valence-corrected chi connectivity index (χ3v) is 5.10. The molecule has 2 heterocycles. The molecule has 0 saturated carbocycles. The molecule has 9 nitrogen and oxygen atoms in total. The van der Waals surface area contributed by atoms with Crippen LogP contribution in [0.25, 0.3) is 0 Å². The van der Waals surface area contributed by atoms with E-state index in [0.29, 0.717) is 6.54 Å². The smallest absolute Gasteiger partial charge is 0.225 e. The first-order valence-corrected chi connectivity index (χ1v) is 10.2. The van der Waals surface area contributed by atoms with E-state index in [1.807, 2.05) is 60.5 Å². The molecule has 4 rings (SSSR count). The van der Waals surface area contributed by atoms with Crippen molar-refractivity contribution in [1.82, 2.24) is 10.4 Å². The van der Waals surface area contributed by atoms with Gasteiger partial charge in [0, 0.05) is 0 Å². The number of aliphatic hydroxyl groups is 1. The van der Waals surface area contributed by atoms with E-state index in [9.17, 15) is 13.5 Å². The van der Waals surface area contributed by atoms with Crippen molar-refractivity contribution in [2.45, 2.75) is 19.2 Å². The monoisotopic (exact) mass is 393 g/mol. The Labute approximate surface area is 158 Å². The third-order valence-electron chi connectivity index (χ3n) is 4.55. The minimum atomic E-state index is -3.44. The average Bonchev–Trinajstić information content (AvgIpc) is 2.92. The van der Waals surface area contributed by atoms with Gasteiger partial charge in [-0.3, -0.25) is 15.0 Å². The quantitative estimate of drug-likeness (QED) is 0.665. The Hall–Kier alpha value is -2.37. The highest BCUT2D eigenvalue weighted by atomic mass is 32.2. The van der Waals surface area contributed by atoms with E-state index in [1.165, 1.54) is 0 Å². The van der Waals surface area contributed by atoms with Crippen molar-refractivity contribution in [3.8, 4) is 0 Å². The molecule has 1 saturated heterocycles. The number of aryl methyl sites for hydroxylation is 1. The van der Waals surface area contributed by atoms with Crippen molar-refractivity contribution in [1.29, 1.82) is 0 Å². The number of nitrogens with one attached hydrogen (secondary N) is 2. The number of hydrogen-bond acceptors (Lipinski definition) is 7. The van der Waals surface area contributed by atoms with Crippen LogP contribution < -0.4 is 25.4 Å². The molecule has 10 heteroatoms. The van der Waals surface area contributed by atoms with Gasteiger partial charge in [-0.1, -0.05) is 29.8 Å². The number of hydrogen-bond donors (Lipinski definition) is 3. The number of nitrogens with zero attached hydrogens (tertiary/aromatic N) is 3. The maximum Gasteiger partial charge on any atom is 0.225 e. The molecular weight excluding hydrogens is 370 g/mol. The highest BCUT2D eigenvalue weighted by molar-refractivity contribution is 7.88. The van der Waals surface area contributed by atoms with E-state index >= 15 is 0 Å². The lowest BCUT2D eigenvalue weighted by molar-refractivity contribution is 0.163. The van der Waals surface area contributed by atoms with Crippen molar-refractivity contribution in [3.63, 3.8) is 0 Å². The zero-order chi connectivity index (χ0) is 18.5. The standard InChI is InChI=1S/C17H21N5O3S.H2O/c1-12-7-9-13(10-8-12)21-17(23)16-11-20(19-26(2,24)25)14-5-3-4-6-15(14)22(16)18-21;/h3-10,16-19,23H,11H2,1-2H3;1H2. The second-order valence-corrected chi connectivity index (χ2v) is 8.35. The molecule has 5 N–H and O–H groups in total. The van der Waals surface area contributed by atoms with E-state index in [2.05, 4.69) is 10.4 Å².